The van der Waals surface area contributed by atoms with E-state index < -0.39 is 0 Å². The van der Waals surface area contributed by atoms with Crippen molar-refractivity contribution >= 4 is 63.4 Å². The summed E-state index contributed by atoms with van der Waals surface area (Å²) < 4.78 is 14.6. The molecule has 6 aromatic heterocycles. The molecule has 69 heavy (non-hydrogen) atoms. The topological polar surface area (TPSA) is 228 Å². The minimum atomic E-state index is 0.0607. The summed E-state index contributed by atoms with van der Waals surface area (Å²) in [5.41, 5.74) is 12.4. The fourth-order valence-electron chi connectivity index (χ4n) is 7.27. The number of nitrogens with zero attached hydrogens (tertiary/aromatic N) is 10. The molecule has 19 heteroatoms. The number of nitrogens with two attached hydrogens (primary N) is 1. The van der Waals surface area contributed by atoms with E-state index in [2.05, 4.69) is 56.1 Å². The third-order valence-corrected chi connectivity index (χ3v) is 11.1. The Morgan fingerprint density at radius 1 is 0.609 bits per heavy atom. The van der Waals surface area contributed by atoms with Gasteiger partial charge in [0.1, 0.15) is 35.3 Å². The van der Waals surface area contributed by atoms with Crippen LogP contribution < -0.4 is 31.2 Å². The first-order chi connectivity index (χ1) is 33.4. The molecule has 0 radical (unpaired) electrons. The molecule has 352 valence electrons. The number of methoxy groups -OCH3 is 2. The summed E-state index contributed by atoms with van der Waals surface area (Å²) >= 11 is 6.07. The smallest absolute Gasteiger partial charge is 0.184 e. The first kappa shape index (κ1) is 47.3. The third-order valence-electron chi connectivity index (χ3n) is 10.9. The zero-order chi connectivity index (χ0) is 48.6. The Morgan fingerprint density at radius 3 is 1.55 bits per heavy atom. The Bertz CT molecular complexity index is 3110. The lowest BCUT2D eigenvalue weighted by atomic mass is 10.1. The normalized spacial score (nSPS) is 12.7. The van der Waals surface area contributed by atoms with Crippen LogP contribution in [0.1, 0.15) is 57.8 Å². The fourth-order valence-corrected chi connectivity index (χ4v) is 7.43. The molecular weight excluding hydrogens is 896 g/mol. The van der Waals surface area contributed by atoms with E-state index in [4.69, 9.17) is 26.8 Å². The number of Topliss-reactive ketones (excluding diaryl/α,β-unsaturated/α-hetero) is 2. The predicted molar refractivity (Wildman–Crippen MR) is 266 cm³/mol. The maximum Gasteiger partial charge on any atom is 0.184 e. The van der Waals surface area contributed by atoms with E-state index >= 15 is 0 Å². The molecule has 0 amide bonds. The van der Waals surface area contributed by atoms with E-state index in [0.717, 1.165) is 48.2 Å². The number of ketones is 2. The number of nitrogens with one attached hydrogen (secondary N) is 3. The number of carbonyl (C=O) groups excluding carboxylic acids is 2. The highest BCUT2D eigenvalue weighted by Gasteiger charge is 2.33. The van der Waals surface area contributed by atoms with Crippen molar-refractivity contribution in [3.05, 3.63) is 138 Å². The van der Waals surface area contributed by atoms with Crippen LogP contribution >= 0.6 is 11.6 Å². The number of benzene rings is 2. The minimum absolute atomic E-state index is 0.0607. The molecule has 6 heterocycles. The molecule has 0 aliphatic heterocycles. The van der Waals surface area contributed by atoms with Gasteiger partial charge in [-0.15, -0.1) is 0 Å². The lowest BCUT2D eigenvalue weighted by Gasteiger charge is -2.17. The molecule has 2 aliphatic carbocycles. The third kappa shape index (κ3) is 11.8. The Hall–Kier alpha value is -8.25. The van der Waals surface area contributed by atoms with Gasteiger partial charge in [0.2, 0.25) is 0 Å². The quantitative estimate of drug-likeness (QED) is 0.0588. The molecule has 5 N–H and O–H groups in total. The van der Waals surface area contributed by atoms with Crippen molar-refractivity contribution in [2.45, 2.75) is 39.5 Å². The molecule has 18 nitrogen and oxygen atoms in total. The van der Waals surface area contributed by atoms with Crippen molar-refractivity contribution < 1.29 is 19.1 Å². The summed E-state index contributed by atoms with van der Waals surface area (Å²) in [6.07, 6.45) is 10.1. The summed E-state index contributed by atoms with van der Waals surface area (Å²) in [5, 5.41) is 19.0. The minimum Gasteiger partial charge on any atom is -0.494 e. The second-order valence-electron chi connectivity index (χ2n) is 16.4. The van der Waals surface area contributed by atoms with E-state index in [0.29, 0.717) is 79.6 Å². The molecule has 2 aromatic carbocycles. The maximum absolute atomic E-state index is 13.0. The van der Waals surface area contributed by atoms with E-state index in [1.807, 2.05) is 93.7 Å². The van der Waals surface area contributed by atoms with Crippen LogP contribution in [0.2, 0.25) is 5.15 Å². The fraction of sp³-hybridized carbons (Fsp3) is 0.240. The van der Waals surface area contributed by atoms with Crippen molar-refractivity contribution in [2.24, 2.45) is 25.9 Å². The molecule has 0 unspecified atom stereocenters. The summed E-state index contributed by atoms with van der Waals surface area (Å²) in [6.45, 7) is 3.84. The van der Waals surface area contributed by atoms with Gasteiger partial charge >= 0.3 is 0 Å². The molecule has 10 rings (SSSR count). The number of aromatic nitrogens is 10. The average Bonchev–Trinajstić information content (AvgIpc) is 4.28. The monoisotopic (exact) mass is 946 g/mol. The highest BCUT2D eigenvalue weighted by Crippen LogP contribution is 2.41. The van der Waals surface area contributed by atoms with E-state index in [-0.39, 0.29) is 23.4 Å². The van der Waals surface area contributed by atoms with Gasteiger partial charge in [0.05, 0.1) is 59.2 Å². The van der Waals surface area contributed by atoms with Gasteiger partial charge in [0.25, 0.3) is 0 Å². The van der Waals surface area contributed by atoms with Crippen molar-refractivity contribution in [3.8, 4) is 34.3 Å². The molecule has 0 atom stereocenters. The van der Waals surface area contributed by atoms with Gasteiger partial charge in [0, 0.05) is 55.8 Å². The second kappa shape index (κ2) is 21.1. The zero-order valence-corrected chi connectivity index (χ0v) is 39.7. The molecule has 2 aliphatic rings. The van der Waals surface area contributed by atoms with Crippen LogP contribution in [-0.2, 0) is 14.1 Å². The van der Waals surface area contributed by atoms with Gasteiger partial charge in [-0.2, -0.15) is 10.2 Å². The van der Waals surface area contributed by atoms with Gasteiger partial charge < -0.3 is 31.2 Å². The molecule has 0 saturated heterocycles. The van der Waals surface area contributed by atoms with Crippen LogP contribution in [0.15, 0.2) is 110 Å². The van der Waals surface area contributed by atoms with E-state index in [9.17, 15) is 9.59 Å². The number of pyridine rings is 4. The van der Waals surface area contributed by atoms with E-state index in [1.165, 1.54) is 6.20 Å². The van der Waals surface area contributed by atoms with Crippen molar-refractivity contribution in [2.75, 3.05) is 35.9 Å². The SMILES string of the molecule is COc1c(Nc2cc(Cl)ncc2C(=O)C2CC2)cccc1-c1ncn(C)n1.COc1c(Nc2cc(Nc3cccc(C)n3)ncc2C(=O)C2CC2)cccc1-c1ncn(C)n1.Cc1cccc(N)n1. The first-order valence-electron chi connectivity index (χ1n) is 22.1. The number of aryl methyl sites for hydroxylation is 4. The number of hydrogen-bond acceptors (Lipinski definition) is 16. The number of para-hydroxylation sites is 2. The number of hydrogen-bond donors (Lipinski definition) is 4. The predicted octanol–water partition coefficient (Wildman–Crippen LogP) is 9.52. The average molecular weight is 948 g/mol. The van der Waals surface area contributed by atoms with Crippen molar-refractivity contribution in [3.63, 3.8) is 0 Å². The highest BCUT2D eigenvalue weighted by molar-refractivity contribution is 6.30. The van der Waals surface area contributed by atoms with Crippen molar-refractivity contribution in [1.82, 2.24) is 49.5 Å². The summed E-state index contributed by atoms with van der Waals surface area (Å²) in [5.74, 6) is 4.46. The number of anilines is 7. The van der Waals surface area contributed by atoms with Gasteiger partial charge in [-0.25, -0.2) is 29.9 Å². The van der Waals surface area contributed by atoms with Crippen LogP contribution in [0.25, 0.3) is 22.8 Å². The molecule has 8 aromatic rings. The number of rotatable bonds is 14. The van der Waals surface area contributed by atoms with Crippen LogP contribution in [0.3, 0.4) is 0 Å². The number of halogens is 1. The van der Waals surface area contributed by atoms with Gasteiger partial charge in [0.15, 0.2) is 34.7 Å². The van der Waals surface area contributed by atoms with Crippen LogP contribution in [0.4, 0.5) is 40.2 Å². The summed E-state index contributed by atoms with van der Waals surface area (Å²) in [6, 6.07) is 26.1. The number of carbonyl (C=O) groups is 2. The first-order valence-corrected chi connectivity index (χ1v) is 22.5. The molecule has 0 bridgehead atoms. The Balaban J connectivity index is 0.000000163. The van der Waals surface area contributed by atoms with Gasteiger partial charge in [-0.1, -0.05) is 35.9 Å². The molecule has 2 saturated carbocycles. The standard InChI is InChI=1S/C25H25N7O2.C19H18ClN5O2.C6H8N2/c1-15-6-4-9-21(28-15)30-22-12-20(18(13-26-22)23(33)16-10-11-16)29-19-8-5-7-17(24(19)34-3)25-27-14-32(2)31-25;1-25-10-22-19(24-25)12-4-3-5-14(18(12)27-2)23-15-8-16(20)21-9-13(15)17(26)11-6-7-11;1-5-3-2-4-6(7)8-5/h4-9,12-14,16H,10-11H2,1-3H3,(H2,26,28,29,30);3-5,8-11H,6-7H2,1-2H3,(H,21,23);2-4H,1H3,(H2,7,8). The second-order valence-corrected chi connectivity index (χ2v) is 16.8. The van der Waals surface area contributed by atoms with Crippen LogP contribution in [0.5, 0.6) is 11.5 Å². The molecule has 0 spiro atoms. The largest absolute Gasteiger partial charge is 0.494 e. The van der Waals surface area contributed by atoms with Crippen LogP contribution in [-0.4, -0.2) is 75.3 Å². The van der Waals surface area contributed by atoms with Crippen molar-refractivity contribution in [1.29, 1.82) is 0 Å². The van der Waals surface area contributed by atoms with Gasteiger partial charge in [-0.3, -0.25) is 19.0 Å². The summed E-state index contributed by atoms with van der Waals surface area (Å²) in [4.78, 5) is 51.2. The summed E-state index contributed by atoms with van der Waals surface area (Å²) in [7, 11) is 6.81. The lowest BCUT2D eigenvalue weighted by Crippen LogP contribution is -2.09. The number of ether oxygens (including phenoxy) is 2. The highest BCUT2D eigenvalue weighted by atomic mass is 35.5. The molecular formula is C50H51ClN14O4. The lowest BCUT2D eigenvalue weighted by molar-refractivity contribution is 0.0960. The Labute approximate surface area is 403 Å². The number of nitrogen functional groups attached to an aromatic ring is 1. The van der Waals surface area contributed by atoms with Gasteiger partial charge in [-0.05, 0) is 94.1 Å². The van der Waals surface area contributed by atoms with Crippen LogP contribution in [0, 0.1) is 25.7 Å². The molecule has 2 fully saturated rings. The van der Waals surface area contributed by atoms with E-state index in [1.54, 1.807) is 61.6 Å². The Morgan fingerprint density at radius 2 is 1.10 bits per heavy atom. The Kier molecular flexibility index (Phi) is 14.5. The zero-order valence-electron chi connectivity index (χ0n) is 38.9. The maximum atomic E-state index is 13.0.